The first-order chi connectivity index (χ1) is 12.3. The van der Waals surface area contributed by atoms with Crippen LogP contribution in [0.4, 0.5) is 0 Å². The molecule has 6 nitrogen and oxygen atoms in total. The maximum absolute atomic E-state index is 12.0. The first-order valence-electron chi connectivity index (χ1n) is 8.05. The molecule has 0 radical (unpaired) electrons. The second-order valence-electron chi connectivity index (χ2n) is 6.12. The molecule has 26 heavy (non-hydrogen) atoms. The molecule has 0 fully saturated rings. The monoisotopic (exact) mass is 394 g/mol. The van der Waals surface area contributed by atoms with Crippen LogP contribution in [0.5, 0.6) is 0 Å². The zero-order valence-corrected chi connectivity index (χ0v) is 16.2. The summed E-state index contributed by atoms with van der Waals surface area (Å²) in [5.74, 6) is -0.610. The summed E-state index contributed by atoms with van der Waals surface area (Å²) in [6.45, 7) is 6.64. The Balaban J connectivity index is 1.99. The quantitative estimate of drug-likeness (QED) is 0.600. The zero-order chi connectivity index (χ0) is 19.3. The Kier molecular flexibility index (Phi) is 6.83. The maximum atomic E-state index is 12.0. The molecule has 0 saturated carbocycles. The highest BCUT2D eigenvalue weighted by molar-refractivity contribution is 6.33. The minimum atomic E-state index is -0.503. The summed E-state index contributed by atoms with van der Waals surface area (Å²) in [5, 5.41) is 5.14. The lowest BCUT2D eigenvalue weighted by Crippen LogP contribution is -2.40. The molecule has 2 amide bonds. The second kappa shape index (κ2) is 8.87. The first kappa shape index (κ1) is 20.0. The van der Waals surface area contributed by atoms with Crippen LogP contribution in [0.25, 0.3) is 6.08 Å². The number of halogens is 2. The molecule has 0 saturated heterocycles. The van der Waals surface area contributed by atoms with Crippen LogP contribution in [0.2, 0.25) is 10.2 Å². The number of carbonyl (C=O) groups is 2. The minimum Gasteiger partial charge on any atom is -0.268 e. The number of rotatable bonds is 5. The van der Waals surface area contributed by atoms with E-state index in [2.05, 4.69) is 29.8 Å². The first-order valence-corrected chi connectivity index (χ1v) is 8.81. The second-order valence-corrected chi connectivity index (χ2v) is 6.89. The van der Waals surface area contributed by atoms with E-state index in [-0.39, 0.29) is 5.56 Å². The molecule has 0 atom stereocenters. The molecule has 0 unspecified atom stereocenters. The summed E-state index contributed by atoms with van der Waals surface area (Å²) < 4.78 is 1.71. The van der Waals surface area contributed by atoms with Crippen molar-refractivity contribution in [3.63, 3.8) is 0 Å². The molecule has 0 spiro atoms. The van der Waals surface area contributed by atoms with Gasteiger partial charge in [-0.05, 0) is 31.1 Å². The van der Waals surface area contributed by atoms with Crippen molar-refractivity contribution in [1.29, 1.82) is 0 Å². The Hall–Kier alpha value is -2.31. The summed E-state index contributed by atoms with van der Waals surface area (Å²) in [7, 11) is 0. The third-order valence-corrected chi connectivity index (χ3v) is 4.19. The van der Waals surface area contributed by atoms with E-state index in [0.29, 0.717) is 28.2 Å². The predicted octanol–water partition coefficient (Wildman–Crippen LogP) is 3.63. The van der Waals surface area contributed by atoms with E-state index in [1.807, 2.05) is 6.92 Å². The summed E-state index contributed by atoms with van der Waals surface area (Å²) in [6, 6.07) is 6.55. The topological polar surface area (TPSA) is 76.0 Å². The molecule has 0 aliphatic rings. The van der Waals surface area contributed by atoms with Gasteiger partial charge in [-0.15, -0.1) is 0 Å². The Morgan fingerprint density at radius 1 is 1.23 bits per heavy atom. The lowest BCUT2D eigenvalue weighted by molar-refractivity contribution is -0.117. The van der Waals surface area contributed by atoms with Gasteiger partial charge in [0.05, 0.1) is 16.3 Å². The molecule has 0 aliphatic carbocycles. The smallest absolute Gasteiger partial charge is 0.268 e. The number of aromatic nitrogens is 2. The largest absolute Gasteiger partial charge is 0.271 e. The molecular formula is C18H20Cl2N4O2. The number of hydrogen-bond acceptors (Lipinski definition) is 3. The normalized spacial score (nSPS) is 11.2. The minimum absolute atomic E-state index is 0.271. The fourth-order valence-electron chi connectivity index (χ4n) is 2.26. The number of hydrazine groups is 1. The molecule has 1 heterocycles. The Labute approximate surface area is 162 Å². The van der Waals surface area contributed by atoms with Crippen molar-refractivity contribution in [2.45, 2.75) is 27.3 Å². The van der Waals surface area contributed by atoms with Gasteiger partial charge in [0.2, 0.25) is 0 Å². The fraction of sp³-hybridized carbons (Fsp3) is 0.278. The molecule has 2 N–H and O–H groups in total. The highest BCUT2D eigenvalue weighted by Crippen LogP contribution is 2.22. The van der Waals surface area contributed by atoms with Gasteiger partial charge in [-0.25, -0.2) is 0 Å². The van der Waals surface area contributed by atoms with Gasteiger partial charge in [0.1, 0.15) is 5.15 Å². The number of amides is 2. The van der Waals surface area contributed by atoms with E-state index < -0.39 is 11.8 Å². The third-order valence-electron chi connectivity index (χ3n) is 3.47. The number of nitrogens with one attached hydrogen (secondary N) is 2. The van der Waals surface area contributed by atoms with Crippen molar-refractivity contribution in [2.24, 2.45) is 5.92 Å². The van der Waals surface area contributed by atoms with Gasteiger partial charge in [-0.1, -0.05) is 49.2 Å². The molecule has 2 aromatic rings. The third kappa shape index (κ3) is 5.09. The van der Waals surface area contributed by atoms with Gasteiger partial charge in [0.25, 0.3) is 11.8 Å². The van der Waals surface area contributed by atoms with Gasteiger partial charge >= 0.3 is 0 Å². The van der Waals surface area contributed by atoms with Crippen LogP contribution in [-0.2, 0) is 11.3 Å². The van der Waals surface area contributed by atoms with Crippen LogP contribution in [0.3, 0.4) is 0 Å². The van der Waals surface area contributed by atoms with Crippen LogP contribution in [0.15, 0.2) is 30.3 Å². The van der Waals surface area contributed by atoms with Gasteiger partial charge in [-0.2, -0.15) is 5.10 Å². The summed E-state index contributed by atoms with van der Waals surface area (Å²) in [4.78, 5) is 23.9. The molecule has 1 aromatic carbocycles. The van der Waals surface area contributed by atoms with E-state index >= 15 is 0 Å². The van der Waals surface area contributed by atoms with Crippen LogP contribution < -0.4 is 10.9 Å². The highest BCUT2D eigenvalue weighted by Gasteiger charge is 2.13. The van der Waals surface area contributed by atoms with Crippen molar-refractivity contribution < 1.29 is 9.59 Å². The van der Waals surface area contributed by atoms with E-state index in [1.165, 1.54) is 6.08 Å². The Morgan fingerprint density at radius 3 is 2.58 bits per heavy atom. The average molecular weight is 395 g/mol. The Bertz CT molecular complexity index is 844. The van der Waals surface area contributed by atoms with Gasteiger partial charge in [0, 0.05) is 18.2 Å². The van der Waals surface area contributed by atoms with Crippen molar-refractivity contribution in [1.82, 2.24) is 20.6 Å². The Morgan fingerprint density at radius 2 is 1.92 bits per heavy atom. The number of aryl methyl sites for hydroxylation is 1. The predicted molar refractivity (Wildman–Crippen MR) is 103 cm³/mol. The van der Waals surface area contributed by atoms with Crippen molar-refractivity contribution in [3.8, 4) is 0 Å². The lowest BCUT2D eigenvalue weighted by atomic mass is 10.2. The van der Waals surface area contributed by atoms with Gasteiger partial charge in [0.15, 0.2) is 0 Å². The van der Waals surface area contributed by atoms with E-state index in [1.54, 1.807) is 35.0 Å². The number of hydrogen-bond donors (Lipinski definition) is 2. The summed E-state index contributed by atoms with van der Waals surface area (Å²) in [6.07, 6.45) is 2.85. The number of benzene rings is 1. The van der Waals surface area contributed by atoms with E-state index in [0.717, 1.165) is 5.69 Å². The highest BCUT2D eigenvalue weighted by atomic mass is 35.5. The van der Waals surface area contributed by atoms with Crippen LogP contribution in [-0.4, -0.2) is 21.6 Å². The molecule has 8 heteroatoms. The van der Waals surface area contributed by atoms with Crippen molar-refractivity contribution in [2.75, 3.05) is 0 Å². The molecule has 2 rings (SSSR count). The van der Waals surface area contributed by atoms with E-state index in [9.17, 15) is 9.59 Å². The SMILES string of the molecule is Cc1nn(CC(C)C)c(Cl)c1/C=C/C(=O)NNC(=O)c1ccccc1Cl. The van der Waals surface area contributed by atoms with Crippen molar-refractivity contribution in [3.05, 3.63) is 57.3 Å². The number of carbonyl (C=O) groups excluding carboxylic acids is 2. The van der Waals surface area contributed by atoms with Crippen LogP contribution >= 0.6 is 23.2 Å². The lowest BCUT2D eigenvalue weighted by Gasteiger charge is -2.06. The van der Waals surface area contributed by atoms with E-state index in [4.69, 9.17) is 23.2 Å². The van der Waals surface area contributed by atoms with Gasteiger partial charge < -0.3 is 0 Å². The summed E-state index contributed by atoms with van der Waals surface area (Å²) in [5.41, 5.74) is 6.27. The van der Waals surface area contributed by atoms with Crippen LogP contribution in [0, 0.1) is 12.8 Å². The van der Waals surface area contributed by atoms with Gasteiger partial charge in [-0.3, -0.25) is 25.1 Å². The van der Waals surface area contributed by atoms with Crippen molar-refractivity contribution >= 4 is 41.1 Å². The average Bonchev–Trinajstić information content (AvgIpc) is 2.84. The molecule has 0 aliphatic heterocycles. The fourth-order valence-corrected chi connectivity index (χ4v) is 2.78. The molecule has 0 bridgehead atoms. The molecule has 138 valence electrons. The zero-order valence-electron chi connectivity index (χ0n) is 14.7. The standard InChI is InChI=1S/C18H20Cl2N4O2/c1-11(2)10-24-17(20)13(12(3)23-24)8-9-16(25)21-22-18(26)14-6-4-5-7-15(14)19/h4-9,11H,10H2,1-3H3,(H,21,25)(H,22,26)/b9-8+. The molecule has 1 aromatic heterocycles. The summed E-state index contributed by atoms with van der Waals surface area (Å²) >= 11 is 12.3. The molecular weight excluding hydrogens is 375 g/mol. The number of nitrogens with zero attached hydrogens (tertiary/aromatic N) is 2. The van der Waals surface area contributed by atoms with Crippen LogP contribution in [0.1, 0.15) is 35.5 Å². The maximum Gasteiger partial charge on any atom is 0.271 e.